The van der Waals surface area contributed by atoms with Crippen LogP contribution in [0.25, 0.3) is 0 Å². The quantitative estimate of drug-likeness (QED) is 0.803. The molecule has 0 unspecified atom stereocenters. The highest BCUT2D eigenvalue weighted by molar-refractivity contribution is 7.90. The van der Waals surface area contributed by atoms with E-state index in [1.54, 1.807) is 0 Å². The van der Waals surface area contributed by atoms with E-state index in [2.05, 4.69) is 0 Å². The number of halogens is 1. The van der Waals surface area contributed by atoms with Gasteiger partial charge in [-0.1, -0.05) is 30.9 Å². The number of carbonyl (C=O) groups is 1. The lowest BCUT2D eigenvalue weighted by atomic mass is 9.84. The minimum Gasteiger partial charge on any atom is -0.294 e. The lowest BCUT2D eigenvalue weighted by Crippen LogP contribution is -2.18. The number of hydrogen-bond donors (Lipinski definition) is 0. The lowest BCUT2D eigenvalue weighted by molar-refractivity contribution is 0.0889. The Labute approximate surface area is 118 Å². The van der Waals surface area contributed by atoms with Crippen molar-refractivity contribution in [2.75, 3.05) is 6.26 Å². The minimum atomic E-state index is -3.29. The van der Waals surface area contributed by atoms with Gasteiger partial charge in [0.25, 0.3) is 0 Å². The topological polar surface area (TPSA) is 51.2 Å². The molecule has 0 radical (unpaired) electrons. The van der Waals surface area contributed by atoms with Crippen molar-refractivity contribution in [3.8, 4) is 0 Å². The van der Waals surface area contributed by atoms with Crippen molar-refractivity contribution in [1.82, 2.24) is 0 Å². The molecule has 5 heteroatoms. The molecule has 1 fully saturated rings. The highest BCUT2D eigenvalue weighted by Crippen LogP contribution is 2.30. The molecule has 1 aliphatic carbocycles. The predicted octanol–water partition coefficient (Wildman–Crippen LogP) is 3.51. The first-order chi connectivity index (χ1) is 8.89. The fourth-order valence-corrected chi connectivity index (χ4v) is 3.50. The maximum atomic E-state index is 12.3. The van der Waals surface area contributed by atoms with Crippen LogP contribution in [-0.4, -0.2) is 20.5 Å². The summed E-state index contributed by atoms with van der Waals surface area (Å²) in [7, 11) is -3.29. The highest BCUT2D eigenvalue weighted by Gasteiger charge is 2.24. The monoisotopic (exact) mass is 300 g/mol. The van der Waals surface area contributed by atoms with Gasteiger partial charge in [-0.3, -0.25) is 4.79 Å². The van der Waals surface area contributed by atoms with E-state index in [1.165, 1.54) is 24.6 Å². The van der Waals surface area contributed by atoms with Crippen molar-refractivity contribution in [2.45, 2.75) is 37.0 Å². The Balaban J connectivity index is 2.28. The molecular weight excluding hydrogens is 284 g/mol. The van der Waals surface area contributed by atoms with Crippen LogP contribution in [-0.2, 0) is 9.84 Å². The smallest absolute Gasteiger partial charge is 0.175 e. The third kappa shape index (κ3) is 3.37. The fraction of sp³-hybridized carbons (Fsp3) is 0.500. The van der Waals surface area contributed by atoms with Crippen molar-refractivity contribution in [3.63, 3.8) is 0 Å². The van der Waals surface area contributed by atoms with E-state index in [9.17, 15) is 13.2 Å². The molecule has 3 nitrogen and oxygen atoms in total. The summed E-state index contributed by atoms with van der Waals surface area (Å²) in [5, 5.41) is 0.235. The molecule has 0 bridgehead atoms. The fourth-order valence-electron chi connectivity index (χ4n) is 2.51. The number of hydrogen-bond acceptors (Lipinski definition) is 3. The zero-order chi connectivity index (χ0) is 14.0. The SMILES string of the molecule is CS(=O)(=O)c1ccc(C(=O)C2CCCCC2)c(Cl)c1. The average molecular weight is 301 g/mol. The number of Topliss-reactive ketones (excluding diaryl/α,β-unsaturated/α-hetero) is 1. The van der Waals surface area contributed by atoms with Crippen molar-refractivity contribution in [2.24, 2.45) is 5.92 Å². The molecule has 0 amide bonds. The van der Waals surface area contributed by atoms with Gasteiger partial charge in [-0.15, -0.1) is 0 Å². The van der Waals surface area contributed by atoms with Crippen LogP contribution in [0.5, 0.6) is 0 Å². The second-order valence-electron chi connectivity index (χ2n) is 5.11. The first-order valence-corrected chi connectivity index (χ1v) is 8.70. The molecule has 0 saturated heterocycles. The van der Waals surface area contributed by atoms with Crippen LogP contribution in [0, 0.1) is 5.92 Å². The van der Waals surface area contributed by atoms with Crippen LogP contribution in [0.2, 0.25) is 5.02 Å². The van der Waals surface area contributed by atoms with Gasteiger partial charge < -0.3 is 0 Å². The number of carbonyl (C=O) groups excluding carboxylic acids is 1. The summed E-state index contributed by atoms with van der Waals surface area (Å²) in [5.74, 6) is 0.0834. The molecule has 104 valence electrons. The molecular formula is C14H17ClO3S. The number of ketones is 1. The van der Waals surface area contributed by atoms with E-state index in [0.29, 0.717) is 5.56 Å². The summed E-state index contributed by atoms with van der Waals surface area (Å²) in [6.45, 7) is 0. The molecule has 0 heterocycles. The Kier molecular flexibility index (Phi) is 4.31. The lowest BCUT2D eigenvalue weighted by Gasteiger charge is -2.20. The maximum absolute atomic E-state index is 12.3. The third-order valence-corrected chi connectivity index (χ3v) is 5.03. The van der Waals surface area contributed by atoms with Crippen LogP contribution in [0.3, 0.4) is 0 Å². The summed E-state index contributed by atoms with van der Waals surface area (Å²) in [6, 6.07) is 4.36. The molecule has 0 aliphatic heterocycles. The van der Waals surface area contributed by atoms with Crippen molar-refractivity contribution >= 4 is 27.2 Å². The van der Waals surface area contributed by atoms with Crippen LogP contribution in [0.15, 0.2) is 23.1 Å². The van der Waals surface area contributed by atoms with Crippen LogP contribution < -0.4 is 0 Å². The predicted molar refractivity (Wildman–Crippen MR) is 75.5 cm³/mol. The van der Waals surface area contributed by atoms with Gasteiger partial charge in [-0.25, -0.2) is 8.42 Å². The van der Waals surface area contributed by atoms with Crippen LogP contribution in [0.1, 0.15) is 42.5 Å². The molecule has 1 aromatic carbocycles. The zero-order valence-electron chi connectivity index (χ0n) is 10.9. The van der Waals surface area contributed by atoms with Gasteiger partial charge in [-0.05, 0) is 31.0 Å². The molecule has 0 atom stereocenters. The molecule has 0 aromatic heterocycles. The van der Waals surface area contributed by atoms with Gasteiger partial charge in [0.15, 0.2) is 15.6 Å². The first kappa shape index (κ1) is 14.5. The van der Waals surface area contributed by atoms with Gasteiger partial charge in [0.1, 0.15) is 0 Å². The summed E-state index contributed by atoms with van der Waals surface area (Å²) >= 11 is 6.06. The Hall–Kier alpha value is -0.870. The van der Waals surface area contributed by atoms with Crippen LogP contribution in [0.4, 0.5) is 0 Å². The van der Waals surface area contributed by atoms with Gasteiger partial charge >= 0.3 is 0 Å². The molecule has 1 saturated carbocycles. The molecule has 1 aliphatic rings. The largest absolute Gasteiger partial charge is 0.294 e. The summed E-state index contributed by atoms with van der Waals surface area (Å²) in [6.07, 6.45) is 6.28. The normalized spacial score (nSPS) is 17.4. The Morgan fingerprint density at radius 2 is 1.84 bits per heavy atom. The standard InChI is InChI=1S/C14H17ClO3S/c1-19(17,18)11-7-8-12(13(15)9-11)14(16)10-5-3-2-4-6-10/h7-10H,2-6H2,1H3. The van der Waals surface area contributed by atoms with Crippen molar-refractivity contribution in [3.05, 3.63) is 28.8 Å². The zero-order valence-corrected chi connectivity index (χ0v) is 12.4. The number of sulfone groups is 1. The number of rotatable bonds is 3. The van der Waals surface area contributed by atoms with Crippen LogP contribution >= 0.6 is 11.6 Å². The van der Waals surface area contributed by atoms with E-state index in [0.717, 1.165) is 31.9 Å². The Bertz CT molecular complexity index is 587. The molecule has 0 spiro atoms. The molecule has 0 N–H and O–H groups in total. The molecule has 2 rings (SSSR count). The van der Waals surface area contributed by atoms with Crippen molar-refractivity contribution in [1.29, 1.82) is 0 Å². The second kappa shape index (κ2) is 5.63. The average Bonchev–Trinajstić information content (AvgIpc) is 2.38. The van der Waals surface area contributed by atoms with Gasteiger partial charge in [0.05, 0.1) is 9.92 Å². The summed E-state index contributed by atoms with van der Waals surface area (Å²) in [4.78, 5) is 12.5. The van der Waals surface area contributed by atoms with E-state index >= 15 is 0 Å². The second-order valence-corrected chi connectivity index (χ2v) is 7.54. The first-order valence-electron chi connectivity index (χ1n) is 6.43. The Morgan fingerprint density at radius 1 is 1.21 bits per heavy atom. The van der Waals surface area contributed by atoms with E-state index < -0.39 is 9.84 Å². The van der Waals surface area contributed by atoms with Gasteiger partial charge in [-0.2, -0.15) is 0 Å². The van der Waals surface area contributed by atoms with Gasteiger partial charge in [0, 0.05) is 17.7 Å². The maximum Gasteiger partial charge on any atom is 0.175 e. The van der Waals surface area contributed by atoms with E-state index in [-0.39, 0.29) is 21.6 Å². The molecule has 1 aromatic rings. The van der Waals surface area contributed by atoms with Gasteiger partial charge in [0.2, 0.25) is 0 Å². The molecule has 19 heavy (non-hydrogen) atoms. The van der Waals surface area contributed by atoms with E-state index in [4.69, 9.17) is 11.6 Å². The minimum absolute atomic E-state index is 0.0373. The summed E-state index contributed by atoms with van der Waals surface area (Å²) < 4.78 is 22.8. The third-order valence-electron chi connectivity index (χ3n) is 3.61. The van der Waals surface area contributed by atoms with Crippen molar-refractivity contribution < 1.29 is 13.2 Å². The summed E-state index contributed by atoms with van der Waals surface area (Å²) in [5.41, 5.74) is 0.445. The highest BCUT2D eigenvalue weighted by atomic mass is 35.5. The number of benzene rings is 1. The Morgan fingerprint density at radius 3 is 2.37 bits per heavy atom. The van der Waals surface area contributed by atoms with E-state index in [1.807, 2.05) is 0 Å².